The number of hydrogen-bond donors (Lipinski definition) is 6. The third-order valence-corrected chi connectivity index (χ3v) is 7.89. The fraction of sp³-hybridized carbons (Fsp3) is 0.500. The summed E-state index contributed by atoms with van der Waals surface area (Å²) in [6, 6.07) is 0. The summed E-state index contributed by atoms with van der Waals surface area (Å²) in [6.07, 6.45) is -3.42. The molecule has 0 bridgehead atoms. The van der Waals surface area contributed by atoms with Crippen molar-refractivity contribution in [2.75, 3.05) is 0 Å². The minimum atomic E-state index is -5.88. The summed E-state index contributed by atoms with van der Waals surface area (Å²) in [7, 11) is -17.3. The van der Waals surface area contributed by atoms with Crippen LogP contribution in [0.2, 0.25) is 0 Å². The van der Waals surface area contributed by atoms with E-state index < -0.39 is 70.7 Å². The van der Waals surface area contributed by atoms with E-state index in [1.807, 2.05) is 0 Å². The topological polar surface area (TPSA) is 244 Å². The average molecular weight is 542 g/mol. The number of terminal acetylenes is 1. The summed E-state index contributed by atoms with van der Waals surface area (Å²) >= 11 is 0. The second-order valence-corrected chi connectivity index (χ2v) is 10.7. The lowest BCUT2D eigenvalue weighted by Crippen LogP contribution is -2.46. The molecule has 21 heteroatoms. The number of alkyl halides is 1. The monoisotopic (exact) mass is 542 g/mol. The largest absolute Gasteiger partial charge is 0.490 e. The number of halogens is 2. The van der Waals surface area contributed by atoms with Gasteiger partial charge in [0.25, 0.3) is 5.56 Å². The van der Waals surface area contributed by atoms with Crippen LogP contribution in [0.3, 0.4) is 0 Å². The van der Waals surface area contributed by atoms with Crippen molar-refractivity contribution in [1.82, 2.24) is 9.55 Å². The molecule has 4 unspecified atom stereocenters. The molecule has 0 saturated carbocycles. The van der Waals surface area contributed by atoms with Gasteiger partial charge >= 0.3 is 29.2 Å². The summed E-state index contributed by atoms with van der Waals surface area (Å²) in [5.74, 6) is -0.0722. The first kappa shape index (κ1) is 27.7. The number of aliphatic hydroxyl groups excluding tert-OH is 1. The van der Waals surface area contributed by atoms with Crippen LogP contribution in [0.25, 0.3) is 0 Å². The summed E-state index contributed by atoms with van der Waals surface area (Å²) in [5, 5.41) is 10.3. The van der Waals surface area contributed by atoms with Crippen LogP contribution in [0, 0.1) is 18.2 Å². The Morgan fingerprint density at radius 1 is 1.24 bits per heavy atom. The first-order valence-corrected chi connectivity index (χ1v) is 12.7. The molecule has 2 rings (SSSR count). The highest BCUT2D eigenvalue weighted by Crippen LogP contribution is 2.66. The molecule has 1 aromatic rings. The third kappa shape index (κ3) is 6.31. The zero-order valence-corrected chi connectivity index (χ0v) is 18.6. The van der Waals surface area contributed by atoms with Crippen LogP contribution in [0.5, 0.6) is 0 Å². The van der Waals surface area contributed by atoms with Crippen LogP contribution in [-0.2, 0) is 31.6 Å². The number of H-pyrrole nitrogens is 1. The van der Waals surface area contributed by atoms with E-state index in [9.17, 15) is 37.7 Å². The van der Waals surface area contributed by atoms with Crippen LogP contribution in [0.4, 0.5) is 8.78 Å². The highest BCUT2D eigenvalue weighted by molar-refractivity contribution is 7.66. The molecule has 0 aromatic carbocycles. The molecule has 6 N–H and O–H groups in total. The van der Waals surface area contributed by atoms with Gasteiger partial charge in [-0.05, 0) is 6.92 Å². The molecule has 1 fully saturated rings. The number of phosphoric acid groups is 3. The highest BCUT2D eigenvalue weighted by atomic mass is 31.3. The van der Waals surface area contributed by atoms with Crippen LogP contribution in [-0.4, -0.2) is 58.2 Å². The second-order valence-electron chi connectivity index (χ2n) is 6.36. The fourth-order valence-corrected chi connectivity index (χ4v) is 5.90. The van der Waals surface area contributed by atoms with E-state index in [2.05, 4.69) is 13.1 Å². The number of ether oxygens (including phenoxy) is 1. The molecule has 16 nitrogen and oxygen atoms in total. The lowest BCUT2D eigenvalue weighted by atomic mass is 9.95. The Bertz CT molecular complexity index is 1220. The van der Waals surface area contributed by atoms with Gasteiger partial charge in [0.05, 0.1) is 12.3 Å². The Balaban J connectivity index is 2.31. The molecule has 0 aliphatic carbocycles. The molecule has 0 amide bonds. The smallest absolute Gasteiger partial charge is 0.386 e. The number of nitrogens with one attached hydrogen (secondary N) is 1. The van der Waals surface area contributed by atoms with Gasteiger partial charge in [-0.2, -0.15) is 13.0 Å². The number of nitrogens with zero attached hydrogens (tertiary/aromatic N) is 1. The number of aromatic nitrogens is 2. The predicted octanol–water partition coefficient (Wildman–Crippen LogP) is -0.993. The number of aliphatic hydroxyl groups is 1. The van der Waals surface area contributed by atoms with E-state index in [1.165, 1.54) is 10.9 Å². The van der Waals surface area contributed by atoms with Gasteiger partial charge in [0, 0.05) is 0 Å². The van der Waals surface area contributed by atoms with Gasteiger partial charge in [0.1, 0.15) is 12.2 Å². The molecule has 7 atom stereocenters. The lowest BCUT2D eigenvalue weighted by Gasteiger charge is -2.25. The van der Waals surface area contributed by atoms with Crippen LogP contribution < -0.4 is 11.2 Å². The minimum absolute atomic E-state index is 0.150. The minimum Gasteiger partial charge on any atom is -0.386 e. The van der Waals surface area contributed by atoms with Crippen molar-refractivity contribution < 1.29 is 65.0 Å². The van der Waals surface area contributed by atoms with Gasteiger partial charge in [0.15, 0.2) is 6.23 Å². The molecule has 1 aromatic heterocycles. The van der Waals surface area contributed by atoms with Crippen molar-refractivity contribution in [2.24, 2.45) is 0 Å². The van der Waals surface area contributed by atoms with Crippen molar-refractivity contribution in [3.05, 3.63) is 32.9 Å². The Morgan fingerprint density at radius 3 is 2.33 bits per heavy atom. The van der Waals surface area contributed by atoms with E-state index in [0.29, 0.717) is 0 Å². The normalized spacial score (nSPS) is 30.2. The Hall–Kier alpha value is -1.57. The average Bonchev–Trinajstić information content (AvgIpc) is 2.87. The highest BCUT2D eigenvalue weighted by Gasteiger charge is 2.60. The summed E-state index contributed by atoms with van der Waals surface area (Å²) in [5.41, 5.74) is -6.16. The maximum absolute atomic E-state index is 15.3. The standard InChI is InChI=1S/C12H15F2N2O14P3/c1-3-12(14)8(17)7(27-10(12)16-4-6(13)9(18)15-11(16)19)5(2)28-32(23,24)30-33(25,26)29-31(20,21)22/h1,4-5,7-8,10,17H,2H3,(H,23,24)(H,25,26)(H,15,18,19)(H2,20,21,22)/t5-,7-,8?,10-,12?/m1/s1. The van der Waals surface area contributed by atoms with E-state index in [1.54, 1.807) is 0 Å². The van der Waals surface area contributed by atoms with Gasteiger partial charge in [0.2, 0.25) is 11.5 Å². The Kier molecular flexibility index (Phi) is 7.74. The number of aromatic amines is 1. The van der Waals surface area contributed by atoms with E-state index >= 15 is 4.39 Å². The summed E-state index contributed by atoms with van der Waals surface area (Å²) in [4.78, 5) is 60.3. The molecule has 2 heterocycles. The molecule has 1 aliphatic heterocycles. The summed E-state index contributed by atoms with van der Waals surface area (Å²) < 4.78 is 79.5. The number of hydrogen-bond acceptors (Lipinski definition) is 10. The Morgan fingerprint density at radius 2 is 1.82 bits per heavy atom. The molecule has 1 aliphatic rings. The molecule has 0 radical (unpaired) electrons. The van der Waals surface area contributed by atoms with E-state index in [0.717, 1.165) is 6.92 Å². The maximum atomic E-state index is 15.3. The molecule has 0 spiro atoms. The van der Waals surface area contributed by atoms with Gasteiger partial charge in [-0.1, -0.05) is 5.92 Å². The van der Waals surface area contributed by atoms with Gasteiger partial charge in [-0.25, -0.2) is 22.9 Å². The van der Waals surface area contributed by atoms with Gasteiger partial charge in [-0.15, -0.1) is 6.42 Å². The lowest BCUT2D eigenvalue weighted by molar-refractivity contribution is -0.0783. The van der Waals surface area contributed by atoms with Crippen LogP contribution >= 0.6 is 23.5 Å². The van der Waals surface area contributed by atoms with Crippen molar-refractivity contribution in [1.29, 1.82) is 0 Å². The maximum Gasteiger partial charge on any atom is 0.490 e. The molecular formula is C12H15F2N2O14P3. The van der Waals surface area contributed by atoms with Gasteiger partial charge < -0.3 is 29.4 Å². The molecule has 1 saturated heterocycles. The predicted molar refractivity (Wildman–Crippen MR) is 98.3 cm³/mol. The zero-order valence-electron chi connectivity index (χ0n) is 15.9. The Labute approximate surface area is 181 Å². The molecule has 33 heavy (non-hydrogen) atoms. The third-order valence-electron chi connectivity index (χ3n) is 3.96. The van der Waals surface area contributed by atoms with Crippen molar-refractivity contribution in [3.63, 3.8) is 0 Å². The second kappa shape index (κ2) is 9.23. The zero-order chi connectivity index (χ0) is 25.6. The number of phosphoric ester groups is 1. The van der Waals surface area contributed by atoms with E-state index in [4.69, 9.17) is 25.8 Å². The van der Waals surface area contributed by atoms with Crippen LogP contribution in [0.1, 0.15) is 13.2 Å². The SMILES string of the molecule is C#CC1(F)C(O)[C@@H]([C@@H](C)OP(=O)(O)OP(=O)(O)OP(=O)(O)O)O[C@H]1n1cc(F)c(=O)[nH]c1=O. The van der Waals surface area contributed by atoms with Crippen molar-refractivity contribution in [2.45, 2.75) is 37.1 Å². The molecule has 186 valence electrons. The van der Waals surface area contributed by atoms with E-state index in [-0.39, 0.29) is 10.8 Å². The van der Waals surface area contributed by atoms with Crippen molar-refractivity contribution in [3.8, 4) is 12.3 Å². The fourth-order valence-electron chi connectivity index (χ4n) is 2.70. The van der Waals surface area contributed by atoms with Crippen LogP contribution in [0.15, 0.2) is 15.8 Å². The van der Waals surface area contributed by atoms with Gasteiger partial charge in [-0.3, -0.25) is 18.9 Å². The van der Waals surface area contributed by atoms with Crippen molar-refractivity contribution >= 4 is 23.5 Å². The summed E-state index contributed by atoms with van der Waals surface area (Å²) in [6.45, 7) is 0.835. The molecular weight excluding hydrogens is 527 g/mol. The first-order chi connectivity index (χ1) is 14.8. The number of rotatable bonds is 8. The first-order valence-electron chi connectivity index (χ1n) is 8.15. The quantitative estimate of drug-likeness (QED) is 0.171.